The van der Waals surface area contributed by atoms with Gasteiger partial charge in [0, 0.05) is 39.5 Å². The highest BCUT2D eigenvalue weighted by Gasteiger charge is 2.37. The van der Waals surface area contributed by atoms with Gasteiger partial charge in [0.15, 0.2) is 5.96 Å². The van der Waals surface area contributed by atoms with Crippen molar-refractivity contribution in [3.8, 4) is 0 Å². The van der Waals surface area contributed by atoms with Crippen molar-refractivity contribution in [2.45, 2.75) is 84.6 Å². The molecule has 0 spiro atoms. The number of aryl methyl sites for hydroxylation is 2. The zero-order chi connectivity index (χ0) is 19.1. The summed E-state index contributed by atoms with van der Waals surface area (Å²) >= 11 is 0. The summed E-state index contributed by atoms with van der Waals surface area (Å²) < 4.78 is 2.35. The normalized spacial score (nSPS) is 18.6. The first-order valence-corrected chi connectivity index (χ1v) is 11.0. The van der Waals surface area contributed by atoms with Gasteiger partial charge in [0.05, 0.1) is 0 Å². The van der Waals surface area contributed by atoms with Gasteiger partial charge in [-0.25, -0.2) is 0 Å². The van der Waals surface area contributed by atoms with E-state index in [4.69, 9.17) is 0 Å². The summed E-state index contributed by atoms with van der Waals surface area (Å²) in [6.07, 6.45) is 12.3. The summed E-state index contributed by atoms with van der Waals surface area (Å²) in [6, 6.07) is 0. The Morgan fingerprint density at radius 3 is 2.64 bits per heavy atom. The third-order valence-electron chi connectivity index (χ3n) is 6.17. The van der Waals surface area contributed by atoms with E-state index in [0.717, 1.165) is 56.6 Å². The van der Waals surface area contributed by atoms with E-state index < -0.39 is 0 Å². The van der Waals surface area contributed by atoms with Crippen LogP contribution in [0.5, 0.6) is 0 Å². The zero-order valence-electron chi connectivity index (χ0n) is 18.0. The molecule has 1 fully saturated rings. The van der Waals surface area contributed by atoms with Crippen molar-refractivity contribution in [1.82, 2.24) is 25.4 Å². The number of nitrogens with one attached hydrogen (secondary N) is 2. The number of fused-ring (bicyclic) bond motifs is 1. The molecular formula is C21H39IN6. The van der Waals surface area contributed by atoms with Gasteiger partial charge in [0.2, 0.25) is 0 Å². The highest BCUT2D eigenvalue weighted by molar-refractivity contribution is 14.0. The third-order valence-corrected chi connectivity index (χ3v) is 6.17. The third kappa shape index (κ3) is 6.32. The highest BCUT2D eigenvalue weighted by atomic mass is 127. The molecule has 0 saturated heterocycles. The summed E-state index contributed by atoms with van der Waals surface area (Å²) in [5.74, 6) is 4.04. The Morgan fingerprint density at radius 2 is 1.96 bits per heavy atom. The van der Waals surface area contributed by atoms with Gasteiger partial charge in [0.25, 0.3) is 0 Å². The van der Waals surface area contributed by atoms with Gasteiger partial charge < -0.3 is 15.2 Å². The molecule has 1 aliphatic carbocycles. The van der Waals surface area contributed by atoms with Gasteiger partial charge in [-0.05, 0) is 49.9 Å². The molecule has 2 heterocycles. The average molecular weight is 502 g/mol. The molecule has 1 aromatic heterocycles. The lowest BCUT2D eigenvalue weighted by atomic mass is 9.64. The minimum absolute atomic E-state index is 0. The maximum absolute atomic E-state index is 4.43. The van der Waals surface area contributed by atoms with Crippen molar-refractivity contribution in [2.75, 3.05) is 20.1 Å². The molecule has 160 valence electrons. The standard InChI is InChI=1S/C21H38N6.HI/c1-17(2)15-21(11-8-12-21)16-24-20(22-3)23-13-7-10-19-26-25-18-9-5-4-6-14-27(18)19;/h17H,4-16H2,1-3H3,(H2,22,23,24);1H. The lowest BCUT2D eigenvalue weighted by molar-refractivity contribution is 0.104. The van der Waals surface area contributed by atoms with Gasteiger partial charge >= 0.3 is 0 Å². The molecule has 0 amide bonds. The number of guanidine groups is 1. The Labute approximate surface area is 187 Å². The minimum atomic E-state index is 0. The monoisotopic (exact) mass is 502 g/mol. The van der Waals surface area contributed by atoms with Crippen LogP contribution in [0.25, 0.3) is 0 Å². The Morgan fingerprint density at radius 1 is 1.14 bits per heavy atom. The first kappa shape index (κ1) is 23.4. The largest absolute Gasteiger partial charge is 0.356 e. The maximum atomic E-state index is 4.43. The molecule has 0 aromatic carbocycles. The van der Waals surface area contributed by atoms with Gasteiger partial charge in [-0.3, -0.25) is 4.99 Å². The van der Waals surface area contributed by atoms with Gasteiger partial charge in [-0.15, -0.1) is 34.2 Å². The summed E-state index contributed by atoms with van der Waals surface area (Å²) in [7, 11) is 1.86. The second-order valence-corrected chi connectivity index (χ2v) is 8.90. The van der Waals surface area contributed by atoms with Crippen molar-refractivity contribution >= 4 is 29.9 Å². The van der Waals surface area contributed by atoms with E-state index in [-0.39, 0.29) is 24.0 Å². The van der Waals surface area contributed by atoms with Crippen molar-refractivity contribution in [2.24, 2.45) is 16.3 Å². The molecule has 1 saturated carbocycles. The van der Waals surface area contributed by atoms with Gasteiger partial charge in [-0.1, -0.05) is 26.7 Å². The number of halogens is 1. The Kier molecular flexibility index (Phi) is 9.50. The molecule has 0 unspecified atom stereocenters. The predicted octanol–water partition coefficient (Wildman–Crippen LogP) is 3.94. The van der Waals surface area contributed by atoms with E-state index in [1.807, 2.05) is 7.05 Å². The predicted molar refractivity (Wildman–Crippen MR) is 126 cm³/mol. The van der Waals surface area contributed by atoms with Gasteiger partial charge in [0.1, 0.15) is 11.6 Å². The number of rotatable bonds is 8. The number of aromatic nitrogens is 3. The molecule has 0 bridgehead atoms. The fraction of sp³-hybridized carbons (Fsp3) is 0.857. The van der Waals surface area contributed by atoms with E-state index in [0.29, 0.717) is 5.41 Å². The molecule has 1 aliphatic heterocycles. The molecular weight excluding hydrogens is 463 g/mol. The first-order valence-electron chi connectivity index (χ1n) is 11.0. The second-order valence-electron chi connectivity index (χ2n) is 8.90. The van der Waals surface area contributed by atoms with Crippen LogP contribution in [0, 0.1) is 11.3 Å². The summed E-state index contributed by atoms with van der Waals surface area (Å²) in [5.41, 5.74) is 0.491. The van der Waals surface area contributed by atoms with Crippen LogP contribution in [0.3, 0.4) is 0 Å². The van der Waals surface area contributed by atoms with Crippen molar-refractivity contribution in [3.05, 3.63) is 11.6 Å². The summed E-state index contributed by atoms with van der Waals surface area (Å²) in [4.78, 5) is 4.41. The molecule has 7 heteroatoms. The van der Waals surface area contributed by atoms with E-state index in [1.165, 1.54) is 50.8 Å². The van der Waals surface area contributed by atoms with Crippen LogP contribution >= 0.6 is 24.0 Å². The van der Waals surface area contributed by atoms with Crippen molar-refractivity contribution in [3.63, 3.8) is 0 Å². The maximum Gasteiger partial charge on any atom is 0.190 e. The number of nitrogens with zero attached hydrogens (tertiary/aromatic N) is 4. The number of aliphatic imine (C=N–C) groups is 1. The fourth-order valence-corrected chi connectivity index (χ4v) is 4.67. The van der Waals surface area contributed by atoms with Crippen LogP contribution in [0.2, 0.25) is 0 Å². The lowest BCUT2D eigenvalue weighted by Crippen LogP contribution is -2.47. The van der Waals surface area contributed by atoms with E-state index in [2.05, 4.69) is 44.2 Å². The van der Waals surface area contributed by atoms with Crippen LogP contribution in [-0.4, -0.2) is 40.9 Å². The van der Waals surface area contributed by atoms with Crippen LogP contribution in [0.1, 0.15) is 76.9 Å². The summed E-state index contributed by atoms with van der Waals surface area (Å²) in [5, 5.41) is 15.9. The van der Waals surface area contributed by atoms with E-state index in [9.17, 15) is 0 Å². The average Bonchev–Trinajstić information content (AvgIpc) is 2.85. The Bertz CT molecular complexity index is 620. The van der Waals surface area contributed by atoms with E-state index in [1.54, 1.807) is 0 Å². The number of hydrogen-bond donors (Lipinski definition) is 2. The van der Waals surface area contributed by atoms with Crippen LogP contribution < -0.4 is 10.6 Å². The second kappa shape index (κ2) is 11.4. The highest BCUT2D eigenvalue weighted by Crippen LogP contribution is 2.45. The molecule has 2 N–H and O–H groups in total. The first-order chi connectivity index (χ1) is 13.1. The molecule has 3 rings (SSSR count). The molecule has 0 radical (unpaired) electrons. The number of hydrogen-bond acceptors (Lipinski definition) is 3. The molecule has 2 aliphatic rings. The molecule has 1 aromatic rings. The molecule has 28 heavy (non-hydrogen) atoms. The quantitative estimate of drug-likeness (QED) is 0.245. The molecule has 6 nitrogen and oxygen atoms in total. The van der Waals surface area contributed by atoms with Crippen molar-refractivity contribution < 1.29 is 0 Å². The minimum Gasteiger partial charge on any atom is -0.356 e. The van der Waals surface area contributed by atoms with E-state index >= 15 is 0 Å². The fourth-order valence-electron chi connectivity index (χ4n) is 4.67. The van der Waals surface area contributed by atoms with Crippen LogP contribution in [0.4, 0.5) is 0 Å². The smallest absolute Gasteiger partial charge is 0.190 e. The zero-order valence-corrected chi connectivity index (χ0v) is 20.3. The SMILES string of the molecule is CN=C(NCCCc1nnc2n1CCCCC2)NCC1(CC(C)C)CCC1.I. The topological polar surface area (TPSA) is 67.1 Å². The van der Waals surface area contributed by atoms with Crippen LogP contribution in [-0.2, 0) is 19.4 Å². The Hall–Kier alpha value is -0.860. The summed E-state index contributed by atoms with van der Waals surface area (Å²) in [6.45, 7) is 7.71. The molecule has 0 atom stereocenters. The van der Waals surface area contributed by atoms with Crippen molar-refractivity contribution in [1.29, 1.82) is 0 Å². The Balaban J connectivity index is 0.00000280. The van der Waals surface area contributed by atoms with Crippen LogP contribution in [0.15, 0.2) is 4.99 Å². The van der Waals surface area contributed by atoms with Gasteiger partial charge in [-0.2, -0.15) is 0 Å². The lowest BCUT2D eigenvalue weighted by Gasteiger charge is -2.43.